The van der Waals surface area contributed by atoms with Crippen LogP contribution in [0, 0.1) is 0 Å². The molecule has 10 rings (SSSR count). The van der Waals surface area contributed by atoms with Crippen molar-refractivity contribution in [2.75, 3.05) is 0 Å². The zero-order valence-corrected chi connectivity index (χ0v) is 29.4. The van der Waals surface area contributed by atoms with Crippen LogP contribution in [0.15, 0.2) is 206 Å². The minimum Gasteiger partial charge on any atom is -0.457 e. The second-order valence-corrected chi connectivity index (χ2v) is 13.6. The lowest BCUT2D eigenvalue weighted by Gasteiger charge is -2.22. The number of fused-ring (bicyclic) bond motifs is 4. The van der Waals surface area contributed by atoms with Gasteiger partial charge in [0.1, 0.15) is 23.0 Å². The highest BCUT2D eigenvalue weighted by molar-refractivity contribution is 6.29. The molecule has 0 radical (unpaired) electrons. The molecule has 0 aliphatic carbocycles. The van der Waals surface area contributed by atoms with Gasteiger partial charge < -0.3 is 9.47 Å². The van der Waals surface area contributed by atoms with Gasteiger partial charge in [-0.25, -0.2) is 0 Å². The van der Waals surface area contributed by atoms with E-state index in [9.17, 15) is 0 Å². The van der Waals surface area contributed by atoms with E-state index in [1.54, 1.807) is 0 Å². The predicted molar refractivity (Wildman–Crippen MR) is 226 cm³/mol. The summed E-state index contributed by atoms with van der Waals surface area (Å²) in [6.07, 6.45) is 0. The van der Waals surface area contributed by atoms with Gasteiger partial charge in [0, 0.05) is 0 Å². The normalized spacial score (nSPS) is 11.3. The first-order chi connectivity index (χ1) is 26.8. The summed E-state index contributed by atoms with van der Waals surface area (Å²) >= 11 is 0. The van der Waals surface area contributed by atoms with Crippen molar-refractivity contribution in [1.82, 2.24) is 0 Å². The van der Waals surface area contributed by atoms with Crippen LogP contribution in [0.25, 0.3) is 76.5 Å². The second kappa shape index (κ2) is 13.4. The third kappa shape index (κ3) is 5.53. The molecule has 0 bridgehead atoms. The SMILES string of the molecule is c1ccc(Oc2ccc(-c3c4ccccc4c(-c4c5ccccc5c(-c5ccc(Oc6ccccc6)cc5)c5ccccc45)c4ccccc34)cc2)cc1. The first-order valence-corrected chi connectivity index (χ1v) is 18.3. The van der Waals surface area contributed by atoms with Gasteiger partial charge in [-0.15, -0.1) is 0 Å². The van der Waals surface area contributed by atoms with Gasteiger partial charge >= 0.3 is 0 Å². The van der Waals surface area contributed by atoms with Crippen LogP contribution in [-0.4, -0.2) is 0 Å². The van der Waals surface area contributed by atoms with Gasteiger partial charge in [0.25, 0.3) is 0 Å². The molecule has 0 amide bonds. The number of hydrogen-bond donors (Lipinski definition) is 0. The van der Waals surface area contributed by atoms with E-state index in [1.165, 1.54) is 65.3 Å². The van der Waals surface area contributed by atoms with Crippen molar-refractivity contribution in [3.8, 4) is 56.4 Å². The smallest absolute Gasteiger partial charge is 0.127 e. The summed E-state index contributed by atoms with van der Waals surface area (Å²) in [4.78, 5) is 0. The zero-order valence-electron chi connectivity index (χ0n) is 29.4. The van der Waals surface area contributed by atoms with Crippen LogP contribution in [0.5, 0.6) is 23.0 Å². The van der Waals surface area contributed by atoms with Crippen molar-refractivity contribution < 1.29 is 9.47 Å². The van der Waals surface area contributed by atoms with Gasteiger partial charge in [-0.1, -0.05) is 158 Å². The molecular formula is C52H34O2. The van der Waals surface area contributed by atoms with Gasteiger partial charge in [-0.3, -0.25) is 0 Å². The molecule has 0 saturated heterocycles. The average molecular weight is 691 g/mol. The van der Waals surface area contributed by atoms with Gasteiger partial charge in [-0.05, 0) is 125 Å². The lowest BCUT2D eigenvalue weighted by atomic mass is 9.81. The van der Waals surface area contributed by atoms with Crippen molar-refractivity contribution in [1.29, 1.82) is 0 Å². The number of para-hydroxylation sites is 2. The summed E-state index contributed by atoms with van der Waals surface area (Å²) < 4.78 is 12.3. The van der Waals surface area contributed by atoms with Crippen molar-refractivity contribution in [3.05, 3.63) is 206 Å². The van der Waals surface area contributed by atoms with E-state index in [0.29, 0.717) is 0 Å². The highest BCUT2D eigenvalue weighted by Gasteiger charge is 2.22. The van der Waals surface area contributed by atoms with Gasteiger partial charge in [0.15, 0.2) is 0 Å². The molecule has 10 aromatic carbocycles. The first-order valence-electron chi connectivity index (χ1n) is 18.3. The Morgan fingerprint density at radius 2 is 0.407 bits per heavy atom. The number of ether oxygens (including phenoxy) is 2. The molecule has 0 fully saturated rings. The highest BCUT2D eigenvalue weighted by Crippen LogP contribution is 2.50. The minimum atomic E-state index is 0.812. The Labute approximate surface area is 314 Å². The maximum atomic E-state index is 6.17. The molecule has 0 aliphatic heterocycles. The Kier molecular flexibility index (Phi) is 7.85. The van der Waals surface area contributed by atoms with Crippen LogP contribution >= 0.6 is 0 Å². The van der Waals surface area contributed by atoms with E-state index in [-0.39, 0.29) is 0 Å². The average Bonchev–Trinajstić information content (AvgIpc) is 3.24. The molecule has 0 saturated carbocycles. The van der Waals surface area contributed by atoms with E-state index in [2.05, 4.69) is 146 Å². The molecule has 0 atom stereocenters. The van der Waals surface area contributed by atoms with Crippen molar-refractivity contribution in [2.45, 2.75) is 0 Å². The topological polar surface area (TPSA) is 18.5 Å². The molecular weight excluding hydrogens is 657 g/mol. The van der Waals surface area contributed by atoms with Crippen molar-refractivity contribution in [2.24, 2.45) is 0 Å². The van der Waals surface area contributed by atoms with Crippen LogP contribution in [0.1, 0.15) is 0 Å². The van der Waals surface area contributed by atoms with Crippen molar-refractivity contribution in [3.63, 3.8) is 0 Å². The van der Waals surface area contributed by atoms with Gasteiger partial charge in [0.05, 0.1) is 0 Å². The summed E-state index contributed by atoms with van der Waals surface area (Å²) in [7, 11) is 0. The minimum absolute atomic E-state index is 0.812. The predicted octanol–water partition coefficient (Wildman–Crippen LogP) is 14.9. The molecule has 54 heavy (non-hydrogen) atoms. The zero-order chi connectivity index (χ0) is 35.8. The van der Waals surface area contributed by atoms with E-state index in [4.69, 9.17) is 9.47 Å². The van der Waals surface area contributed by atoms with Crippen LogP contribution in [0.3, 0.4) is 0 Å². The number of rotatable bonds is 7. The summed E-state index contributed by atoms with van der Waals surface area (Å²) in [5.41, 5.74) is 7.25. The largest absolute Gasteiger partial charge is 0.457 e. The fourth-order valence-electron chi connectivity index (χ4n) is 8.05. The van der Waals surface area contributed by atoms with Gasteiger partial charge in [0.2, 0.25) is 0 Å². The molecule has 0 heterocycles. The van der Waals surface area contributed by atoms with E-state index < -0.39 is 0 Å². The summed E-state index contributed by atoms with van der Waals surface area (Å²) in [5, 5.41) is 9.76. The second-order valence-electron chi connectivity index (χ2n) is 13.6. The fraction of sp³-hybridized carbons (Fsp3) is 0. The Morgan fingerprint density at radius 1 is 0.185 bits per heavy atom. The summed E-state index contributed by atoms with van der Waals surface area (Å²) in [5.74, 6) is 3.27. The number of benzene rings is 10. The standard InChI is InChI=1S/C52H34O2/c1-3-15-37(16-4-1)53-39-31-27-35(28-32-39)49-41-19-7-11-23-45(41)51(46-24-12-8-20-42(46)49)52-47-25-13-9-21-43(47)50(44-22-10-14-26-48(44)52)36-29-33-40(34-30-36)54-38-17-5-2-6-18-38/h1-34H. The van der Waals surface area contributed by atoms with Crippen LogP contribution in [0.4, 0.5) is 0 Å². The Bertz CT molecular complexity index is 2630. The lowest BCUT2D eigenvalue weighted by molar-refractivity contribution is 0.482. The fourth-order valence-corrected chi connectivity index (χ4v) is 8.05. The maximum Gasteiger partial charge on any atom is 0.127 e. The van der Waals surface area contributed by atoms with Crippen molar-refractivity contribution >= 4 is 43.1 Å². The molecule has 2 nitrogen and oxygen atoms in total. The highest BCUT2D eigenvalue weighted by atomic mass is 16.5. The van der Waals surface area contributed by atoms with E-state index in [0.717, 1.165) is 34.1 Å². The molecule has 0 spiro atoms. The Balaban J connectivity index is 1.19. The monoisotopic (exact) mass is 690 g/mol. The molecule has 0 aliphatic rings. The van der Waals surface area contributed by atoms with Crippen LogP contribution in [-0.2, 0) is 0 Å². The summed E-state index contributed by atoms with van der Waals surface area (Å²) in [6, 6.07) is 72.4. The molecule has 2 heteroatoms. The summed E-state index contributed by atoms with van der Waals surface area (Å²) in [6.45, 7) is 0. The molecule has 0 aromatic heterocycles. The molecule has 10 aromatic rings. The van der Waals surface area contributed by atoms with E-state index in [1.807, 2.05) is 60.7 Å². The van der Waals surface area contributed by atoms with E-state index >= 15 is 0 Å². The molecule has 254 valence electrons. The van der Waals surface area contributed by atoms with Gasteiger partial charge in [-0.2, -0.15) is 0 Å². The van der Waals surface area contributed by atoms with Crippen LogP contribution in [0.2, 0.25) is 0 Å². The maximum absolute atomic E-state index is 6.17. The van der Waals surface area contributed by atoms with Crippen LogP contribution < -0.4 is 9.47 Å². The third-order valence-corrected chi connectivity index (χ3v) is 10.4. The first kappa shape index (κ1) is 31.6. The molecule has 0 unspecified atom stereocenters. The third-order valence-electron chi connectivity index (χ3n) is 10.4. The molecule has 0 N–H and O–H groups in total. The lowest BCUT2D eigenvalue weighted by Crippen LogP contribution is -1.94. The quantitative estimate of drug-likeness (QED) is 0.155. The Hall–Kier alpha value is -7.16. The Morgan fingerprint density at radius 3 is 0.685 bits per heavy atom. The number of hydrogen-bond acceptors (Lipinski definition) is 2.